The predicted molar refractivity (Wildman–Crippen MR) is 51.4 cm³/mol. The smallest absolute Gasteiger partial charge is 0.410 e. The van der Waals surface area contributed by atoms with E-state index in [1.807, 2.05) is 0 Å². The minimum Gasteiger partial charge on any atom is -0.480 e. The number of cyclic esters (lactones) is 1. The van der Waals surface area contributed by atoms with Gasteiger partial charge in [0.15, 0.2) is 6.04 Å². The fourth-order valence-corrected chi connectivity index (χ4v) is 2.33. The lowest BCUT2D eigenvalue weighted by Crippen LogP contribution is -2.41. The monoisotopic (exact) mass is 213 g/mol. The summed E-state index contributed by atoms with van der Waals surface area (Å²) in [5.41, 5.74) is 0. The molecule has 0 aromatic carbocycles. The number of rotatable bonds is 3. The Morgan fingerprint density at radius 3 is 2.73 bits per heavy atom. The highest BCUT2D eigenvalue weighted by Crippen LogP contribution is 2.27. The zero-order valence-corrected chi connectivity index (χ0v) is 8.52. The van der Waals surface area contributed by atoms with Crippen LogP contribution in [0.15, 0.2) is 0 Å². The molecular formula is C10H15NO4. The third kappa shape index (κ3) is 2.06. The molecule has 1 aliphatic carbocycles. The van der Waals surface area contributed by atoms with E-state index in [0.717, 1.165) is 12.8 Å². The van der Waals surface area contributed by atoms with Crippen LogP contribution in [-0.2, 0) is 9.53 Å². The van der Waals surface area contributed by atoms with Gasteiger partial charge in [-0.15, -0.1) is 0 Å². The molecule has 0 bridgehead atoms. The number of amides is 1. The van der Waals surface area contributed by atoms with Gasteiger partial charge in [0.25, 0.3) is 0 Å². The van der Waals surface area contributed by atoms with Crippen LogP contribution in [0.25, 0.3) is 0 Å². The SMILES string of the molecule is O=C(O)C1COC(=O)N1CC1CCCC1. The standard InChI is InChI=1S/C10H15NO4/c12-9(13)8-6-15-10(14)11(8)5-7-3-1-2-4-7/h7-8H,1-6H2,(H,12,13). The molecular weight excluding hydrogens is 198 g/mol. The second kappa shape index (κ2) is 4.08. The predicted octanol–water partition coefficient (Wildman–Crippen LogP) is 1.08. The fourth-order valence-electron chi connectivity index (χ4n) is 2.33. The molecule has 1 N–H and O–H groups in total. The fraction of sp³-hybridized carbons (Fsp3) is 0.800. The van der Waals surface area contributed by atoms with Crippen molar-refractivity contribution in [1.29, 1.82) is 0 Å². The number of nitrogens with zero attached hydrogens (tertiary/aromatic N) is 1. The quantitative estimate of drug-likeness (QED) is 0.761. The van der Waals surface area contributed by atoms with Crippen LogP contribution in [0.5, 0.6) is 0 Å². The third-order valence-electron chi connectivity index (χ3n) is 3.19. The number of carbonyl (C=O) groups excluding carboxylic acids is 1. The van der Waals surface area contributed by atoms with E-state index in [1.54, 1.807) is 0 Å². The Morgan fingerprint density at radius 1 is 1.47 bits per heavy atom. The summed E-state index contributed by atoms with van der Waals surface area (Å²) in [5, 5.41) is 8.90. The Kier molecular flexibility index (Phi) is 2.79. The van der Waals surface area contributed by atoms with E-state index >= 15 is 0 Å². The number of ether oxygens (including phenoxy) is 1. The van der Waals surface area contributed by atoms with E-state index < -0.39 is 18.1 Å². The Labute approximate surface area is 88.0 Å². The van der Waals surface area contributed by atoms with Crippen molar-refractivity contribution in [3.8, 4) is 0 Å². The van der Waals surface area contributed by atoms with Gasteiger partial charge in [-0.3, -0.25) is 4.90 Å². The molecule has 5 nitrogen and oxygen atoms in total. The summed E-state index contributed by atoms with van der Waals surface area (Å²) in [5.74, 6) is -0.517. The van der Waals surface area contributed by atoms with Crippen molar-refractivity contribution < 1.29 is 19.4 Å². The van der Waals surface area contributed by atoms with Crippen molar-refractivity contribution in [2.45, 2.75) is 31.7 Å². The molecule has 0 aromatic heterocycles. The molecule has 1 atom stereocenters. The molecule has 1 saturated carbocycles. The van der Waals surface area contributed by atoms with Gasteiger partial charge in [-0.05, 0) is 18.8 Å². The number of hydrogen-bond donors (Lipinski definition) is 1. The van der Waals surface area contributed by atoms with Gasteiger partial charge < -0.3 is 9.84 Å². The Hall–Kier alpha value is -1.26. The molecule has 0 radical (unpaired) electrons. The topological polar surface area (TPSA) is 66.8 Å². The molecule has 1 aliphatic heterocycles. The lowest BCUT2D eigenvalue weighted by Gasteiger charge is -2.21. The molecule has 1 saturated heterocycles. The average Bonchev–Trinajstić information content (AvgIpc) is 2.78. The van der Waals surface area contributed by atoms with Crippen molar-refractivity contribution in [3.63, 3.8) is 0 Å². The van der Waals surface area contributed by atoms with Crippen LogP contribution < -0.4 is 0 Å². The van der Waals surface area contributed by atoms with Gasteiger partial charge in [0, 0.05) is 6.54 Å². The lowest BCUT2D eigenvalue weighted by atomic mass is 10.1. The van der Waals surface area contributed by atoms with Crippen LogP contribution in [0.1, 0.15) is 25.7 Å². The zero-order chi connectivity index (χ0) is 10.8. The van der Waals surface area contributed by atoms with Crippen molar-refractivity contribution in [2.24, 2.45) is 5.92 Å². The maximum absolute atomic E-state index is 11.3. The van der Waals surface area contributed by atoms with Crippen LogP contribution in [0.3, 0.4) is 0 Å². The van der Waals surface area contributed by atoms with Crippen LogP contribution in [0, 0.1) is 5.92 Å². The van der Waals surface area contributed by atoms with Gasteiger partial charge in [0.2, 0.25) is 0 Å². The van der Waals surface area contributed by atoms with Crippen LogP contribution >= 0.6 is 0 Å². The number of carboxylic acids is 1. The van der Waals surface area contributed by atoms with E-state index in [1.165, 1.54) is 17.7 Å². The Bertz CT molecular complexity index is 273. The lowest BCUT2D eigenvalue weighted by molar-refractivity contribution is -0.141. The minimum absolute atomic E-state index is 0.0130. The largest absolute Gasteiger partial charge is 0.480 e. The zero-order valence-electron chi connectivity index (χ0n) is 8.52. The number of aliphatic carboxylic acids is 1. The Balaban J connectivity index is 1.97. The average molecular weight is 213 g/mol. The van der Waals surface area contributed by atoms with Gasteiger partial charge in [-0.2, -0.15) is 0 Å². The highest BCUT2D eigenvalue weighted by atomic mass is 16.6. The highest BCUT2D eigenvalue weighted by molar-refractivity contribution is 5.82. The normalized spacial score (nSPS) is 27.1. The molecule has 1 heterocycles. The van der Waals surface area contributed by atoms with Gasteiger partial charge in [0.1, 0.15) is 6.61 Å². The molecule has 1 unspecified atom stereocenters. The first-order valence-corrected chi connectivity index (χ1v) is 5.34. The minimum atomic E-state index is -0.973. The van der Waals surface area contributed by atoms with E-state index in [2.05, 4.69) is 0 Å². The van der Waals surface area contributed by atoms with Crippen molar-refractivity contribution in [2.75, 3.05) is 13.2 Å². The second-order valence-electron chi connectivity index (χ2n) is 4.23. The summed E-state index contributed by atoms with van der Waals surface area (Å²) in [7, 11) is 0. The molecule has 2 rings (SSSR count). The summed E-state index contributed by atoms with van der Waals surface area (Å²) in [6.45, 7) is 0.524. The van der Waals surface area contributed by atoms with E-state index in [-0.39, 0.29) is 6.61 Å². The Morgan fingerprint density at radius 2 is 2.13 bits per heavy atom. The molecule has 0 aromatic rings. The summed E-state index contributed by atoms with van der Waals surface area (Å²) in [6.07, 6.45) is 4.08. The van der Waals surface area contributed by atoms with Crippen molar-refractivity contribution in [1.82, 2.24) is 4.90 Å². The van der Waals surface area contributed by atoms with Gasteiger partial charge in [-0.1, -0.05) is 12.8 Å². The molecule has 0 spiro atoms. The second-order valence-corrected chi connectivity index (χ2v) is 4.23. The van der Waals surface area contributed by atoms with Gasteiger partial charge in [-0.25, -0.2) is 9.59 Å². The number of hydrogen-bond acceptors (Lipinski definition) is 3. The van der Waals surface area contributed by atoms with Crippen molar-refractivity contribution in [3.05, 3.63) is 0 Å². The first-order chi connectivity index (χ1) is 7.18. The van der Waals surface area contributed by atoms with Crippen LogP contribution in [0.2, 0.25) is 0 Å². The first-order valence-electron chi connectivity index (χ1n) is 5.34. The molecule has 2 aliphatic rings. The third-order valence-corrected chi connectivity index (χ3v) is 3.19. The summed E-state index contributed by atoms with van der Waals surface area (Å²) in [6, 6.07) is -0.780. The van der Waals surface area contributed by atoms with Gasteiger partial charge >= 0.3 is 12.1 Å². The van der Waals surface area contributed by atoms with E-state index in [9.17, 15) is 9.59 Å². The number of carbonyl (C=O) groups is 2. The maximum Gasteiger partial charge on any atom is 0.410 e. The van der Waals surface area contributed by atoms with E-state index in [4.69, 9.17) is 9.84 Å². The maximum atomic E-state index is 11.3. The van der Waals surface area contributed by atoms with Crippen LogP contribution in [-0.4, -0.2) is 41.3 Å². The summed E-state index contributed by atoms with van der Waals surface area (Å²) in [4.78, 5) is 23.5. The first kappa shape index (κ1) is 10.3. The molecule has 15 heavy (non-hydrogen) atoms. The summed E-state index contributed by atoms with van der Waals surface area (Å²) < 4.78 is 4.76. The molecule has 5 heteroatoms. The molecule has 2 fully saturated rings. The highest BCUT2D eigenvalue weighted by Gasteiger charge is 2.39. The summed E-state index contributed by atoms with van der Waals surface area (Å²) >= 11 is 0. The van der Waals surface area contributed by atoms with Gasteiger partial charge in [0.05, 0.1) is 0 Å². The molecule has 84 valence electrons. The van der Waals surface area contributed by atoms with Crippen LogP contribution in [0.4, 0.5) is 4.79 Å². The number of carboxylic acid groups (broad SMARTS) is 1. The van der Waals surface area contributed by atoms with Crippen molar-refractivity contribution >= 4 is 12.1 Å². The van der Waals surface area contributed by atoms with E-state index in [0.29, 0.717) is 12.5 Å². The molecule has 1 amide bonds.